The van der Waals surface area contributed by atoms with Crippen molar-refractivity contribution >= 4 is 78.2 Å². The van der Waals surface area contributed by atoms with Crippen LogP contribution in [0.4, 0.5) is 11.4 Å². The van der Waals surface area contributed by atoms with Crippen molar-refractivity contribution in [2.24, 2.45) is 0 Å². The third-order valence-electron chi connectivity index (χ3n) is 6.17. The van der Waals surface area contributed by atoms with Gasteiger partial charge in [0.25, 0.3) is 0 Å². The van der Waals surface area contributed by atoms with Crippen LogP contribution in [0, 0.1) is 0 Å². The minimum absolute atomic E-state index is 0.173. The van der Waals surface area contributed by atoms with E-state index in [0.29, 0.717) is 23.1 Å². The summed E-state index contributed by atoms with van der Waals surface area (Å²) in [5, 5.41) is 32.0. The lowest BCUT2D eigenvalue weighted by Crippen LogP contribution is -2.15. The number of phenols is 2. The van der Waals surface area contributed by atoms with Crippen LogP contribution in [-0.4, -0.2) is 33.3 Å². The fraction of sp³-hybridized carbons (Fsp3) is 0.0714. The number of anilines is 2. The van der Waals surface area contributed by atoms with Crippen molar-refractivity contribution in [1.29, 1.82) is 0 Å². The zero-order valence-corrected chi connectivity index (χ0v) is 20.4. The molecule has 0 aliphatic carbocycles. The summed E-state index contributed by atoms with van der Waals surface area (Å²) in [7, 11) is 0. The number of halogens is 2. The fourth-order valence-electron chi connectivity index (χ4n) is 4.57. The second kappa shape index (κ2) is 8.90. The molecule has 0 saturated heterocycles. The Morgan fingerprint density at radius 1 is 0.528 bits per heavy atom. The van der Waals surface area contributed by atoms with Gasteiger partial charge >= 0.3 is 0 Å². The summed E-state index contributed by atoms with van der Waals surface area (Å²) in [4.78, 5) is 9.41. The van der Waals surface area contributed by atoms with Crippen LogP contribution in [0.1, 0.15) is 0 Å². The van der Waals surface area contributed by atoms with Crippen LogP contribution in [-0.2, 0) is 0 Å². The monoisotopic (exact) mass is 514 g/mol. The fourth-order valence-corrected chi connectivity index (χ4v) is 4.90. The molecule has 0 saturated carbocycles. The van der Waals surface area contributed by atoms with Gasteiger partial charge < -0.3 is 20.8 Å². The normalized spacial score (nSPS) is 11.5. The third-order valence-corrected chi connectivity index (χ3v) is 6.64. The highest BCUT2D eigenvalue weighted by atomic mass is 35.5. The number of aromatic hydroxyl groups is 2. The summed E-state index contributed by atoms with van der Waals surface area (Å²) in [5.41, 5.74) is 4.81. The lowest BCUT2D eigenvalue weighted by Gasteiger charge is -2.16. The van der Waals surface area contributed by atoms with Gasteiger partial charge in [0.15, 0.2) is 0 Å². The first-order valence-corrected chi connectivity index (χ1v) is 12.1. The van der Waals surface area contributed by atoms with E-state index < -0.39 is 0 Å². The summed E-state index contributed by atoms with van der Waals surface area (Å²) in [6, 6.07) is 21.4. The number of hydrogen-bond acceptors (Lipinski definition) is 6. The van der Waals surface area contributed by atoms with Crippen LogP contribution >= 0.6 is 23.2 Å². The quantitative estimate of drug-likeness (QED) is 0.142. The number of phenolic OH excluding ortho intramolecular Hbond substituents is 2. The van der Waals surface area contributed by atoms with Gasteiger partial charge in [-0.2, -0.15) is 0 Å². The predicted molar refractivity (Wildman–Crippen MR) is 149 cm³/mol. The Morgan fingerprint density at radius 3 is 1.42 bits per heavy atom. The molecule has 4 aromatic carbocycles. The standard InChI is InChI=1S/C28H20Cl2N4O2/c29-15-1-5-19-25(11-15)33-23-7-3-17(35)13-21(23)27(19)31-9-10-32-28-20-6-2-16(30)12-26(20)34-24-8-4-18(36)14-22(24)28/h1-8,11-14,35-36H,9-10H2,(H,31,33)(H,32,34). The summed E-state index contributed by atoms with van der Waals surface area (Å²) >= 11 is 12.4. The van der Waals surface area contributed by atoms with Crippen LogP contribution in [0.5, 0.6) is 11.5 Å². The molecule has 0 aliphatic rings. The Bertz CT molecular complexity index is 1670. The minimum Gasteiger partial charge on any atom is -0.508 e. The SMILES string of the molecule is Oc1ccc2nc3cc(Cl)ccc3c(NCCNc3c4ccc(Cl)cc4nc4ccc(O)cc34)c2c1. The molecule has 36 heavy (non-hydrogen) atoms. The van der Waals surface area contributed by atoms with E-state index in [-0.39, 0.29) is 11.5 Å². The molecular formula is C28H20Cl2N4O2. The van der Waals surface area contributed by atoms with E-state index in [0.717, 1.165) is 55.0 Å². The average molecular weight is 515 g/mol. The zero-order chi connectivity index (χ0) is 24.8. The average Bonchev–Trinajstić information content (AvgIpc) is 2.85. The number of aromatic nitrogens is 2. The van der Waals surface area contributed by atoms with Gasteiger partial charge in [-0.1, -0.05) is 23.2 Å². The molecule has 0 spiro atoms. The Kier molecular flexibility index (Phi) is 5.55. The van der Waals surface area contributed by atoms with Crippen molar-refractivity contribution in [3.8, 4) is 11.5 Å². The van der Waals surface area contributed by atoms with E-state index >= 15 is 0 Å². The third kappa shape index (κ3) is 4.04. The molecule has 0 aliphatic heterocycles. The Balaban J connectivity index is 1.35. The highest BCUT2D eigenvalue weighted by molar-refractivity contribution is 6.32. The summed E-state index contributed by atoms with van der Waals surface area (Å²) in [5.74, 6) is 0.346. The predicted octanol–water partition coefficient (Wildman–Crippen LogP) is 7.33. The van der Waals surface area contributed by atoms with Crippen LogP contribution < -0.4 is 10.6 Å². The maximum Gasteiger partial charge on any atom is 0.116 e. The molecule has 4 N–H and O–H groups in total. The van der Waals surface area contributed by atoms with Gasteiger partial charge in [-0.25, -0.2) is 9.97 Å². The number of hydrogen-bond donors (Lipinski definition) is 4. The maximum atomic E-state index is 10.1. The van der Waals surface area contributed by atoms with Crippen molar-refractivity contribution in [2.45, 2.75) is 0 Å². The van der Waals surface area contributed by atoms with Crippen molar-refractivity contribution < 1.29 is 10.2 Å². The summed E-state index contributed by atoms with van der Waals surface area (Å²) < 4.78 is 0. The molecule has 0 unspecified atom stereocenters. The molecule has 178 valence electrons. The first kappa shape index (κ1) is 22.5. The molecule has 6 rings (SSSR count). The van der Waals surface area contributed by atoms with Crippen LogP contribution in [0.2, 0.25) is 10.0 Å². The van der Waals surface area contributed by atoms with E-state index in [2.05, 4.69) is 10.6 Å². The first-order valence-electron chi connectivity index (χ1n) is 11.4. The van der Waals surface area contributed by atoms with Gasteiger partial charge in [-0.15, -0.1) is 0 Å². The van der Waals surface area contributed by atoms with Crippen LogP contribution in [0.3, 0.4) is 0 Å². The van der Waals surface area contributed by atoms with Crippen LogP contribution in [0.25, 0.3) is 43.6 Å². The van der Waals surface area contributed by atoms with E-state index in [4.69, 9.17) is 33.2 Å². The maximum absolute atomic E-state index is 10.1. The van der Waals surface area contributed by atoms with Gasteiger partial charge in [-0.05, 0) is 72.8 Å². The van der Waals surface area contributed by atoms with Gasteiger partial charge in [0, 0.05) is 44.7 Å². The molecule has 0 bridgehead atoms. The lowest BCUT2D eigenvalue weighted by atomic mass is 10.1. The van der Waals surface area contributed by atoms with Crippen molar-refractivity contribution in [2.75, 3.05) is 23.7 Å². The summed E-state index contributed by atoms with van der Waals surface area (Å²) in [6.07, 6.45) is 0. The molecule has 0 amide bonds. The van der Waals surface area contributed by atoms with E-state index in [1.807, 2.05) is 36.4 Å². The topological polar surface area (TPSA) is 90.3 Å². The van der Waals surface area contributed by atoms with Crippen molar-refractivity contribution in [3.63, 3.8) is 0 Å². The largest absolute Gasteiger partial charge is 0.508 e. The molecule has 6 nitrogen and oxygen atoms in total. The second-order valence-corrected chi connectivity index (χ2v) is 9.43. The van der Waals surface area contributed by atoms with E-state index in [1.54, 1.807) is 36.4 Å². The first-order chi connectivity index (χ1) is 17.5. The molecule has 2 aromatic heterocycles. The molecule has 0 atom stereocenters. The number of rotatable bonds is 5. The number of fused-ring (bicyclic) bond motifs is 4. The van der Waals surface area contributed by atoms with Gasteiger partial charge in [0.1, 0.15) is 11.5 Å². The summed E-state index contributed by atoms with van der Waals surface area (Å²) in [6.45, 7) is 1.15. The lowest BCUT2D eigenvalue weighted by molar-refractivity contribution is 0.475. The van der Waals surface area contributed by atoms with Gasteiger partial charge in [-0.3, -0.25) is 0 Å². The van der Waals surface area contributed by atoms with Crippen LogP contribution in [0.15, 0.2) is 72.8 Å². The molecule has 8 heteroatoms. The number of nitrogens with zero attached hydrogens (tertiary/aromatic N) is 2. The molecule has 0 radical (unpaired) electrons. The molecular weight excluding hydrogens is 495 g/mol. The van der Waals surface area contributed by atoms with E-state index in [9.17, 15) is 10.2 Å². The molecule has 0 fully saturated rings. The molecule has 2 heterocycles. The molecule has 6 aromatic rings. The highest BCUT2D eigenvalue weighted by Gasteiger charge is 2.13. The highest BCUT2D eigenvalue weighted by Crippen LogP contribution is 2.35. The van der Waals surface area contributed by atoms with Gasteiger partial charge in [0.2, 0.25) is 0 Å². The number of nitrogens with one attached hydrogen (secondary N) is 2. The van der Waals surface area contributed by atoms with Gasteiger partial charge in [0.05, 0.1) is 33.4 Å². The van der Waals surface area contributed by atoms with Crippen molar-refractivity contribution in [1.82, 2.24) is 9.97 Å². The Morgan fingerprint density at radius 2 is 0.972 bits per heavy atom. The minimum atomic E-state index is 0.173. The zero-order valence-electron chi connectivity index (χ0n) is 18.9. The Hall–Kier alpha value is -4.00. The Labute approximate surface area is 216 Å². The smallest absolute Gasteiger partial charge is 0.116 e. The number of benzene rings is 4. The second-order valence-electron chi connectivity index (χ2n) is 8.55. The van der Waals surface area contributed by atoms with Crippen molar-refractivity contribution in [3.05, 3.63) is 82.8 Å². The number of pyridine rings is 2. The van der Waals surface area contributed by atoms with E-state index in [1.165, 1.54) is 0 Å².